The molecule has 0 aliphatic heterocycles. The average molecular weight is 284 g/mol. The van der Waals surface area contributed by atoms with E-state index in [2.05, 4.69) is 15.7 Å². The molecule has 1 atom stereocenters. The quantitative estimate of drug-likeness (QED) is 0.623. The van der Waals surface area contributed by atoms with Gasteiger partial charge in [-0.3, -0.25) is 4.68 Å². The third-order valence-electron chi connectivity index (χ3n) is 2.42. The number of aliphatic carboxylic acids is 1. The van der Waals surface area contributed by atoms with Crippen molar-refractivity contribution < 1.29 is 19.4 Å². The summed E-state index contributed by atoms with van der Waals surface area (Å²) in [6.45, 7) is 4.46. The van der Waals surface area contributed by atoms with Gasteiger partial charge in [-0.25, -0.2) is 9.59 Å². The van der Waals surface area contributed by atoms with Gasteiger partial charge in [-0.15, -0.1) is 0 Å². The lowest BCUT2D eigenvalue weighted by Gasteiger charge is -2.14. The molecule has 0 aliphatic carbocycles. The van der Waals surface area contributed by atoms with Gasteiger partial charge in [0.1, 0.15) is 0 Å². The van der Waals surface area contributed by atoms with Gasteiger partial charge in [0, 0.05) is 25.4 Å². The highest BCUT2D eigenvalue weighted by Gasteiger charge is 2.23. The standard InChI is InChI=1S/C12H20N4O4/c1-8(2)20-5-4-13-12(19)15-10(11(17)18)9-6-14-16(3)7-9/h6-8,10H,4-5H2,1-3H3,(H,17,18)(H2,13,15,19). The molecule has 1 aromatic rings. The predicted molar refractivity (Wildman–Crippen MR) is 71.2 cm³/mol. The Bertz CT molecular complexity index is 458. The summed E-state index contributed by atoms with van der Waals surface area (Å²) in [5.74, 6) is -1.15. The Balaban J connectivity index is 2.46. The molecule has 20 heavy (non-hydrogen) atoms. The highest BCUT2D eigenvalue weighted by atomic mass is 16.5. The number of carbonyl (C=O) groups is 2. The van der Waals surface area contributed by atoms with Gasteiger partial charge in [-0.2, -0.15) is 5.10 Å². The molecule has 3 N–H and O–H groups in total. The Kier molecular flexibility index (Phi) is 5.98. The lowest BCUT2D eigenvalue weighted by atomic mass is 10.1. The average Bonchev–Trinajstić information content (AvgIpc) is 2.77. The van der Waals surface area contributed by atoms with Crippen molar-refractivity contribution in [2.45, 2.75) is 26.0 Å². The molecular weight excluding hydrogens is 264 g/mol. The van der Waals surface area contributed by atoms with Crippen LogP contribution in [-0.2, 0) is 16.6 Å². The van der Waals surface area contributed by atoms with Crippen LogP contribution in [0.2, 0.25) is 0 Å². The number of nitrogens with zero attached hydrogens (tertiary/aromatic N) is 2. The van der Waals surface area contributed by atoms with Crippen LogP contribution in [0.5, 0.6) is 0 Å². The lowest BCUT2D eigenvalue weighted by molar-refractivity contribution is -0.139. The molecule has 2 amide bonds. The smallest absolute Gasteiger partial charge is 0.331 e. The Hall–Kier alpha value is -2.09. The van der Waals surface area contributed by atoms with Gasteiger partial charge in [0.25, 0.3) is 0 Å². The van der Waals surface area contributed by atoms with Crippen LogP contribution >= 0.6 is 0 Å². The molecule has 8 nitrogen and oxygen atoms in total. The van der Waals surface area contributed by atoms with Crippen molar-refractivity contribution in [2.24, 2.45) is 7.05 Å². The summed E-state index contributed by atoms with van der Waals surface area (Å²) < 4.78 is 6.73. The number of carboxylic acid groups (broad SMARTS) is 1. The minimum absolute atomic E-state index is 0.0852. The molecule has 0 spiro atoms. The van der Waals surface area contributed by atoms with Crippen molar-refractivity contribution in [3.05, 3.63) is 18.0 Å². The fourth-order valence-corrected chi connectivity index (χ4v) is 1.52. The van der Waals surface area contributed by atoms with Crippen molar-refractivity contribution in [1.29, 1.82) is 0 Å². The minimum Gasteiger partial charge on any atom is -0.479 e. The maximum absolute atomic E-state index is 11.6. The molecule has 112 valence electrons. The third-order valence-corrected chi connectivity index (χ3v) is 2.42. The minimum atomic E-state index is -1.15. The summed E-state index contributed by atoms with van der Waals surface area (Å²) in [5.41, 5.74) is 0.411. The second-order valence-corrected chi connectivity index (χ2v) is 4.54. The summed E-state index contributed by atoms with van der Waals surface area (Å²) in [6, 6.07) is -1.69. The van der Waals surface area contributed by atoms with E-state index in [1.54, 1.807) is 13.2 Å². The van der Waals surface area contributed by atoms with E-state index in [0.29, 0.717) is 18.7 Å². The molecule has 0 bridgehead atoms. The number of urea groups is 1. The first kappa shape index (κ1) is 16.0. The van der Waals surface area contributed by atoms with Gasteiger partial charge in [0.2, 0.25) is 0 Å². The maximum Gasteiger partial charge on any atom is 0.331 e. The summed E-state index contributed by atoms with van der Waals surface area (Å²) >= 11 is 0. The lowest BCUT2D eigenvalue weighted by Crippen LogP contribution is -2.42. The molecule has 1 heterocycles. The number of carbonyl (C=O) groups excluding carboxylic acids is 1. The first-order valence-corrected chi connectivity index (χ1v) is 6.27. The van der Waals surface area contributed by atoms with Gasteiger partial charge >= 0.3 is 12.0 Å². The highest BCUT2D eigenvalue weighted by molar-refractivity contribution is 5.83. The fourth-order valence-electron chi connectivity index (χ4n) is 1.52. The first-order valence-electron chi connectivity index (χ1n) is 6.27. The molecule has 8 heteroatoms. The molecular formula is C12H20N4O4. The molecule has 0 aliphatic rings. The van der Waals surface area contributed by atoms with Crippen LogP contribution in [0.25, 0.3) is 0 Å². The Morgan fingerprint density at radius 3 is 2.70 bits per heavy atom. The summed E-state index contributed by atoms with van der Waals surface area (Å²) in [6.07, 6.45) is 3.03. The number of ether oxygens (including phenoxy) is 1. The van der Waals surface area contributed by atoms with Crippen molar-refractivity contribution >= 4 is 12.0 Å². The largest absolute Gasteiger partial charge is 0.479 e. The van der Waals surface area contributed by atoms with E-state index >= 15 is 0 Å². The van der Waals surface area contributed by atoms with Gasteiger partial charge in [-0.1, -0.05) is 0 Å². The van der Waals surface area contributed by atoms with Crippen LogP contribution < -0.4 is 10.6 Å². The van der Waals surface area contributed by atoms with Crippen LogP contribution in [-0.4, -0.2) is 46.1 Å². The zero-order chi connectivity index (χ0) is 15.1. The third kappa shape index (κ3) is 5.27. The summed E-state index contributed by atoms with van der Waals surface area (Å²) in [4.78, 5) is 22.8. The van der Waals surface area contributed by atoms with Crippen LogP contribution in [0.4, 0.5) is 4.79 Å². The van der Waals surface area contributed by atoms with Crippen LogP contribution in [0, 0.1) is 0 Å². The van der Waals surface area contributed by atoms with E-state index in [1.807, 2.05) is 13.8 Å². The predicted octanol–water partition coefficient (Wildman–Crippen LogP) is 0.270. The van der Waals surface area contributed by atoms with Gasteiger partial charge in [-0.05, 0) is 13.8 Å². The molecule has 0 saturated heterocycles. The Morgan fingerprint density at radius 2 is 2.20 bits per heavy atom. The second-order valence-electron chi connectivity index (χ2n) is 4.54. The van der Waals surface area contributed by atoms with Gasteiger partial charge in [0.05, 0.1) is 18.9 Å². The topological polar surface area (TPSA) is 105 Å². The van der Waals surface area contributed by atoms with E-state index in [0.717, 1.165) is 0 Å². The molecule has 0 aromatic carbocycles. The Labute approximate surface area is 117 Å². The monoisotopic (exact) mass is 284 g/mol. The molecule has 0 fully saturated rings. The van der Waals surface area contributed by atoms with E-state index in [9.17, 15) is 9.59 Å². The zero-order valence-corrected chi connectivity index (χ0v) is 11.8. The molecule has 1 rings (SSSR count). The fraction of sp³-hybridized carbons (Fsp3) is 0.583. The number of aryl methyl sites for hydroxylation is 1. The number of rotatable bonds is 7. The Morgan fingerprint density at radius 1 is 1.50 bits per heavy atom. The van der Waals surface area contributed by atoms with Crippen LogP contribution in [0.1, 0.15) is 25.5 Å². The number of nitrogens with one attached hydrogen (secondary N) is 2. The molecule has 1 aromatic heterocycles. The number of hydrogen-bond acceptors (Lipinski definition) is 4. The van der Waals surface area contributed by atoms with Gasteiger partial charge < -0.3 is 20.5 Å². The van der Waals surface area contributed by atoms with Crippen molar-refractivity contribution in [3.8, 4) is 0 Å². The van der Waals surface area contributed by atoms with Crippen LogP contribution in [0.3, 0.4) is 0 Å². The summed E-state index contributed by atoms with van der Waals surface area (Å²) in [7, 11) is 1.67. The molecule has 0 saturated carbocycles. The zero-order valence-electron chi connectivity index (χ0n) is 11.8. The van der Waals surface area contributed by atoms with Gasteiger partial charge in [0.15, 0.2) is 6.04 Å². The van der Waals surface area contributed by atoms with E-state index in [1.165, 1.54) is 10.9 Å². The van der Waals surface area contributed by atoms with Crippen LogP contribution in [0.15, 0.2) is 12.4 Å². The highest BCUT2D eigenvalue weighted by Crippen LogP contribution is 2.11. The second kappa shape index (κ2) is 7.49. The van der Waals surface area contributed by atoms with Crippen molar-refractivity contribution in [1.82, 2.24) is 20.4 Å². The molecule has 1 unspecified atom stereocenters. The number of aromatic nitrogens is 2. The van der Waals surface area contributed by atoms with E-state index < -0.39 is 18.0 Å². The first-order chi connectivity index (χ1) is 9.40. The number of amides is 2. The summed E-state index contributed by atoms with van der Waals surface area (Å²) in [5, 5.41) is 17.9. The van der Waals surface area contributed by atoms with Crippen molar-refractivity contribution in [3.63, 3.8) is 0 Å². The van der Waals surface area contributed by atoms with E-state index in [4.69, 9.17) is 9.84 Å². The SMILES string of the molecule is CC(C)OCCNC(=O)NC(C(=O)O)c1cnn(C)c1. The normalized spacial score (nSPS) is 12.2. The molecule has 0 radical (unpaired) electrons. The number of carboxylic acids is 1. The van der Waals surface area contributed by atoms with E-state index in [-0.39, 0.29) is 6.10 Å². The number of hydrogen-bond donors (Lipinski definition) is 3. The van der Waals surface area contributed by atoms with Crippen molar-refractivity contribution in [2.75, 3.05) is 13.2 Å². The maximum atomic E-state index is 11.6.